The Bertz CT molecular complexity index is 941. The van der Waals surface area contributed by atoms with Crippen molar-refractivity contribution < 1.29 is 23.1 Å². The first-order valence-corrected chi connectivity index (χ1v) is 8.65. The molecule has 2 N–H and O–H groups in total. The van der Waals surface area contributed by atoms with Crippen LogP contribution in [0, 0.1) is 5.82 Å². The van der Waals surface area contributed by atoms with E-state index in [1.54, 1.807) is 48.7 Å². The Morgan fingerprint density at radius 3 is 2.61 bits per heavy atom. The molecule has 7 heteroatoms. The molecular formula is C21H19FN2O4. The van der Waals surface area contributed by atoms with Crippen LogP contribution < -0.4 is 15.4 Å². The third-order valence-corrected chi connectivity index (χ3v) is 3.85. The van der Waals surface area contributed by atoms with Crippen LogP contribution >= 0.6 is 0 Å². The van der Waals surface area contributed by atoms with Crippen molar-refractivity contribution >= 4 is 11.8 Å². The van der Waals surface area contributed by atoms with Gasteiger partial charge in [0.15, 0.2) is 6.61 Å². The maximum atomic E-state index is 13.1. The van der Waals surface area contributed by atoms with Crippen LogP contribution in [-0.4, -0.2) is 18.4 Å². The van der Waals surface area contributed by atoms with Crippen molar-refractivity contribution in [2.75, 3.05) is 6.61 Å². The number of carbonyl (C=O) groups is 2. The van der Waals surface area contributed by atoms with Gasteiger partial charge in [-0.05, 0) is 42.0 Å². The minimum Gasteiger partial charge on any atom is -0.484 e. The van der Waals surface area contributed by atoms with Gasteiger partial charge < -0.3 is 19.8 Å². The maximum absolute atomic E-state index is 13.1. The third-order valence-electron chi connectivity index (χ3n) is 3.85. The van der Waals surface area contributed by atoms with Crippen molar-refractivity contribution in [3.05, 3.63) is 89.6 Å². The van der Waals surface area contributed by atoms with Crippen LogP contribution in [0.1, 0.15) is 21.7 Å². The number of furan rings is 1. The van der Waals surface area contributed by atoms with Gasteiger partial charge in [0.25, 0.3) is 11.8 Å². The van der Waals surface area contributed by atoms with Crippen LogP contribution in [0.15, 0.2) is 71.3 Å². The Labute approximate surface area is 161 Å². The largest absolute Gasteiger partial charge is 0.484 e. The van der Waals surface area contributed by atoms with Gasteiger partial charge in [-0.25, -0.2) is 4.39 Å². The van der Waals surface area contributed by atoms with Crippen molar-refractivity contribution in [3.63, 3.8) is 0 Å². The number of hydrogen-bond acceptors (Lipinski definition) is 4. The van der Waals surface area contributed by atoms with Crippen LogP contribution in [0.25, 0.3) is 0 Å². The summed E-state index contributed by atoms with van der Waals surface area (Å²) in [7, 11) is 0. The van der Waals surface area contributed by atoms with Gasteiger partial charge in [-0.3, -0.25) is 9.59 Å². The fourth-order valence-corrected chi connectivity index (χ4v) is 2.46. The highest BCUT2D eigenvalue weighted by Gasteiger charge is 2.08. The van der Waals surface area contributed by atoms with Crippen molar-refractivity contribution in [1.82, 2.24) is 10.6 Å². The highest BCUT2D eigenvalue weighted by Crippen LogP contribution is 2.11. The van der Waals surface area contributed by atoms with E-state index in [1.165, 1.54) is 18.2 Å². The molecule has 144 valence electrons. The molecule has 0 aliphatic rings. The molecule has 0 aliphatic heterocycles. The zero-order valence-electron chi connectivity index (χ0n) is 15.0. The van der Waals surface area contributed by atoms with Gasteiger partial charge in [0.05, 0.1) is 12.8 Å². The molecule has 0 bridgehead atoms. The van der Waals surface area contributed by atoms with Crippen LogP contribution in [0.4, 0.5) is 4.39 Å². The lowest BCUT2D eigenvalue weighted by molar-refractivity contribution is -0.123. The van der Waals surface area contributed by atoms with Crippen LogP contribution in [0.3, 0.4) is 0 Å². The van der Waals surface area contributed by atoms with Gasteiger partial charge in [-0.2, -0.15) is 0 Å². The number of nitrogens with one attached hydrogen (secondary N) is 2. The van der Waals surface area contributed by atoms with E-state index in [9.17, 15) is 14.0 Å². The lowest BCUT2D eigenvalue weighted by atomic mass is 10.1. The summed E-state index contributed by atoms with van der Waals surface area (Å²) in [5.41, 5.74) is 1.25. The second-order valence-electron chi connectivity index (χ2n) is 5.99. The average Bonchev–Trinajstić information content (AvgIpc) is 3.23. The Morgan fingerprint density at radius 1 is 0.964 bits per heavy atom. The second kappa shape index (κ2) is 9.36. The highest BCUT2D eigenvalue weighted by molar-refractivity contribution is 5.94. The lowest BCUT2D eigenvalue weighted by Gasteiger charge is -2.09. The summed E-state index contributed by atoms with van der Waals surface area (Å²) in [5, 5.41) is 5.47. The molecule has 2 amide bonds. The Balaban J connectivity index is 1.47. The number of rotatable bonds is 8. The third kappa shape index (κ3) is 5.70. The van der Waals surface area contributed by atoms with Gasteiger partial charge in [0.2, 0.25) is 0 Å². The molecule has 0 saturated heterocycles. The Kier molecular flexibility index (Phi) is 6.41. The number of halogens is 1. The monoisotopic (exact) mass is 382 g/mol. The summed E-state index contributed by atoms with van der Waals surface area (Å²) in [6.07, 6.45) is 1.54. The van der Waals surface area contributed by atoms with E-state index < -0.39 is 5.82 Å². The molecule has 0 saturated carbocycles. The summed E-state index contributed by atoms with van der Waals surface area (Å²) in [6.45, 7) is 0.307. The summed E-state index contributed by atoms with van der Waals surface area (Å²) in [6, 6.07) is 16.0. The fraction of sp³-hybridized carbons (Fsp3) is 0.143. The average molecular weight is 382 g/mol. The molecule has 0 atom stereocenters. The predicted molar refractivity (Wildman–Crippen MR) is 100 cm³/mol. The second-order valence-corrected chi connectivity index (χ2v) is 5.99. The van der Waals surface area contributed by atoms with Gasteiger partial charge in [0, 0.05) is 18.2 Å². The highest BCUT2D eigenvalue weighted by atomic mass is 19.1. The Hall–Kier alpha value is -3.61. The minimum atomic E-state index is -0.431. The molecule has 0 fully saturated rings. The minimum absolute atomic E-state index is 0.229. The van der Waals surface area contributed by atoms with Crippen molar-refractivity contribution in [3.8, 4) is 5.75 Å². The summed E-state index contributed by atoms with van der Waals surface area (Å²) >= 11 is 0. The molecule has 1 heterocycles. The number of benzene rings is 2. The van der Waals surface area contributed by atoms with Gasteiger partial charge in [-0.1, -0.05) is 18.2 Å². The number of hydrogen-bond donors (Lipinski definition) is 2. The molecule has 3 rings (SSSR count). The van der Waals surface area contributed by atoms with E-state index in [4.69, 9.17) is 9.15 Å². The van der Waals surface area contributed by atoms with Crippen molar-refractivity contribution in [2.24, 2.45) is 0 Å². The summed E-state index contributed by atoms with van der Waals surface area (Å²) in [5.74, 6) is -0.0727. The molecule has 0 aliphatic carbocycles. The molecule has 0 spiro atoms. The first-order valence-electron chi connectivity index (χ1n) is 8.65. The molecule has 1 aromatic heterocycles. The molecule has 2 aromatic carbocycles. The van der Waals surface area contributed by atoms with Gasteiger partial charge >= 0.3 is 0 Å². The summed E-state index contributed by atoms with van der Waals surface area (Å²) < 4.78 is 23.5. The van der Waals surface area contributed by atoms with Crippen LogP contribution in [0.5, 0.6) is 5.75 Å². The van der Waals surface area contributed by atoms with E-state index in [-0.39, 0.29) is 30.7 Å². The molecule has 3 aromatic rings. The number of amides is 2. The molecule has 28 heavy (non-hydrogen) atoms. The van der Waals surface area contributed by atoms with E-state index in [0.29, 0.717) is 17.9 Å². The zero-order chi connectivity index (χ0) is 19.8. The van der Waals surface area contributed by atoms with Gasteiger partial charge in [0.1, 0.15) is 17.3 Å². The number of carbonyl (C=O) groups excluding carboxylic acids is 2. The fourth-order valence-electron chi connectivity index (χ4n) is 2.46. The van der Waals surface area contributed by atoms with Crippen LogP contribution in [0.2, 0.25) is 0 Å². The quantitative estimate of drug-likeness (QED) is 0.628. The van der Waals surface area contributed by atoms with E-state index >= 15 is 0 Å². The molecular weight excluding hydrogens is 363 g/mol. The molecule has 0 unspecified atom stereocenters. The first kappa shape index (κ1) is 19.2. The molecule has 0 radical (unpaired) electrons. The topological polar surface area (TPSA) is 80.6 Å². The smallest absolute Gasteiger partial charge is 0.258 e. The van der Waals surface area contributed by atoms with Crippen molar-refractivity contribution in [2.45, 2.75) is 13.1 Å². The Morgan fingerprint density at radius 2 is 1.82 bits per heavy atom. The van der Waals surface area contributed by atoms with E-state index in [1.807, 2.05) is 0 Å². The zero-order valence-corrected chi connectivity index (χ0v) is 15.0. The SMILES string of the molecule is O=C(COc1cccc(F)c1)NCc1cccc(C(=O)NCc2ccco2)c1. The number of ether oxygens (including phenoxy) is 1. The maximum Gasteiger partial charge on any atom is 0.258 e. The van der Waals surface area contributed by atoms with E-state index in [0.717, 1.165) is 5.56 Å². The van der Waals surface area contributed by atoms with E-state index in [2.05, 4.69) is 10.6 Å². The first-order chi connectivity index (χ1) is 13.6. The predicted octanol–water partition coefficient (Wildman–Crippen LogP) is 3.04. The lowest BCUT2D eigenvalue weighted by Crippen LogP contribution is -2.28. The standard InChI is InChI=1S/C21H19FN2O4/c22-17-6-2-7-18(11-17)28-14-20(25)23-12-15-4-1-5-16(10-15)21(26)24-13-19-8-3-9-27-19/h1-11H,12-14H2,(H,23,25)(H,24,26). The normalized spacial score (nSPS) is 10.3. The summed E-state index contributed by atoms with van der Waals surface area (Å²) in [4.78, 5) is 24.1. The van der Waals surface area contributed by atoms with Crippen LogP contribution in [-0.2, 0) is 17.9 Å². The molecule has 6 nitrogen and oxygen atoms in total. The van der Waals surface area contributed by atoms with Gasteiger partial charge in [-0.15, -0.1) is 0 Å². The van der Waals surface area contributed by atoms with Crippen molar-refractivity contribution in [1.29, 1.82) is 0 Å².